The van der Waals surface area contributed by atoms with Crippen LogP contribution in [0.3, 0.4) is 0 Å². The van der Waals surface area contributed by atoms with Crippen molar-refractivity contribution in [3.05, 3.63) is 64.5 Å². The number of benzene rings is 1. The fourth-order valence-electron chi connectivity index (χ4n) is 3.28. The molecule has 2 aromatic heterocycles. The van der Waals surface area contributed by atoms with E-state index in [2.05, 4.69) is 20.8 Å². The molecule has 1 unspecified atom stereocenters. The third-order valence-corrected chi connectivity index (χ3v) is 6.07. The summed E-state index contributed by atoms with van der Waals surface area (Å²) < 4.78 is 12.5. The van der Waals surface area contributed by atoms with Gasteiger partial charge in [0.15, 0.2) is 16.7 Å². The first kappa shape index (κ1) is 22.0. The Labute approximate surface area is 193 Å². The van der Waals surface area contributed by atoms with Gasteiger partial charge in [0.25, 0.3) is 0 Å². The van der Waals surface area contributed by atoms with Gasteiger partial charge in [-0.3, -0.25) is 0 Å². The third-order valence-electron chi connectivity index (χ3n) is 4.77. The monoisotopic (exact) mass is 473 g/mol. The summed E-state index contributed by atoms with van der Waals surface area (Å²) in [6, 6.07) is 9.42. The summed E-state index contributed by atoms with van der Waals surface area (Å²) in [6.07, 6.45) is 1.56. The number of hydrogen-bond acceptors (Lipinski definition) is 7. The molecule has 0 saturated carbocycles. The lowest BCUT2D eigenvalue weighted by atomic mass is 9.95. The van der Waals surface area contributed by atoms with E-state index < -0.39 is 18.0 Å². The Hall–Kier alpha value is -3.24. The Morgan fingerprint density at radius 2 is 2.06 bits per heavy atom. The number of carbonyl (C=O) groups is 2. The predicted octanol–water partition coefficient (Wildman–Crippen LogP) is 3.69. The molecule has 3 aromatic rings. The average Bonchev–Trinajstić information content (AvgIpc) is 3.42. The number of carbonyl (C=O) groups excluding carboxylic acids is 2. The number of furan rings is 1. The maximum atomic E-state index is 12.9. The summed E-state index contributed by atoms with van der Waals surface area (Å²) in [5.74, 6) is 0.932. The lowest BCUT2D eigenvalue weighted by Gasteiger charge is -2.29. The van der Waals surface area contributed by atoms with E-state index >= 15 is 0 Å². The highest BCUT2D eigenvalue weighted by atomic mass is 35.5. The van der Waals surface area contributed by atoms with Crippen LogP contribution in [-0.2, 0) is 16.6 Å². The van der Waals surface area contributed by atoms with Crippen LogP contribution in [0.15, 0.2) is 63.5 Å². The smallest absolute Gasteiger partial charge is 0.338 e. The number of ether oxygens (including phenoxy) is 1. The van der Waals surface area contributed by atoms with E-state index in [9.17, 15) is 9.59 Å². The molecular weight excluding hydrogens is 454 g/mol. The van der Waals surface area contributed by atoms with Crippen LogP contribution in [0.5, 0.6) is 0 Å². The second-order valence-electron chi connectivity index (χ2n) is 6.83. The Morgan fingerprint density at radius 1 is 1.28 bits per heavy atom. The van der Waals surface area contributed by atoms with E-state index in [1.54, 1.807) is 54.2 Å². The summed E-state index contributed by atoms with van der Waals surface area (Å²) in [5, 5.41) is 15.1. The highest BCUT2D eigenvalue weighted by molar-refractivity contribution is 7.99. The Bertz CT molecular complexity index is 1160. The van der Waals surface area contributed by atoms with Crippen molar-refractivity contribution in [2.45, 2.75) is 18.1 Å². The molecule has 1 atom stereocenters. The van der Waals surface area contributed by atoms with Crippen molar-refractivity contribution < 1.29 is 18.7 Å². The lowest BCUT2D eigenvalue weighted by molar-refractivity contribution is -0.139. The van der Waals surface area contributed by atoms with Crippen LogP contribution >= 0.6 is 23.4 Å². The highest BCUT2D eigenvalue weighted by Crippen LogP contribution is 2.31. The van der Waals surface area contributed by atoms with Crippen molar-refractivity contribution in [3.63, 3.8) is 0 Å². The van der Waals surface area contributed by atoms with Crippen molar-refractivity contribution in [2.75, 3.05) is 12.4 Å². The SMILES string of the molecule is CCOC(=O)C1=C(CSc2nnc(-c3ccco3)n2C)NC(=O)NC1c1ccc(Cl)cc1. The molecule has 0 fully saturated rings. The second-order valence-corrected chi connectivity index (χ2v) is 8.21. The molecule has 2 amide bonds. The van der Waals surface area contributed by atoms with Gasteiger partial charge in [0, 0.05) is 23.5 Å². The number of nitrogens with one attached hydrogen (secondary N) is 2. The van der Waals surface area contributed by atoms with Crippen LogP contribution in [0.2, 0.25) is 5.02 Å². The highest BCUT2D eigenvalue weighted by Gasteiger charge is 2.34. The zero-order chi connectivity index (χ0) is 22.7. The van der Waals surface area contributed by atoms with E-state index in [1.807, 2.05) is 7.05 Å². The van der Waals surface area contributed by atoms with Crippen molar-refractivity contribution >= 4 is 35.4 Å². The number of hydrogen-bond donors (Lipinski definition) is 2. The van der Waals surface area contributed by atoms with Gasteiger partial charge in [0.1, 0.15) is 0 Å². The first-order valence-electron chi connectivity index (χ1n) is 9.77. The van der Waals surface area contributed by atoms with E-state index in [4.69, 9.17) is 20.8 Å². The molecule has 1 aliphatic heterocycles. The maximum Gasteiger partial charge on any atom is 0.338 e. The largest absolute Gasteiger partial charge is 0.463 e. The van der Waals surface area contributed by atoms with Gasteiger partial charge in [-0.25, -0.2) is 9.59 Å². The zero-order valence-corrected chi connectivity index (χ0v) is 18.9. The standard InChI is InChI=1S/C21H20ClN5O4S/c1-3-30-19(28)16-14(23-20(29)24-17(16)12-6-8-13(22)9-7-12)11-32-21-26-25-18(27(21)2)15-5-4-10-31-15/h4-10,17H,3,11H2,1-2H3,(H2,23,24,29). The van der Waals surface area contributed by atoms with Crippen molar-refractivity contribution in [1.82, 2.24) is 25.4 Å². The first-order chi connectivity index (χ1) is 15.5. The molecule has 1 aromatic carbocycles. The molecule has 0 saturated heterocycles. The Kier molecular flexibility index (Phi) is 6.52. The summed E-state index contributed by atoms with van der Waals surface area (Å²) in [7, 11) is 1.82. The van der Waals surface area contributed by atoms with Crippen LogP contribution in [0.4, 0.5) is 4.79 Å². The van der Waals surface area contributed by atoms with Gasteiger partial charge in [0.05, 0.1) is 24.5 Å². The Balaban J connectivity index is 1.65. The number of aromatic nitrogens is 3. The normalized spacial score (nSPS) is 16.0. The second kappa shape index (κ2) is 9.49. The average molecular weight is 474 g/mol. The molecule has 4 rings (SSSR count). The van der Waals surface area contributed by atoms with Crippen molar-refractivity contribution in [3.8, 4) is 11.6 Å². The van der Waals surface area contributed by atoms with Crippen molar-refractivity contribution in [1.29, 1.82) is 0 Å². The molecule has 166 valence electrons. The number of rotatable bonds is 7. The summed E-state index contributed by atoms with van der Waals surface area (Å²) >= 11 is 7.33. The van der Waals surface area contributed by atoms with Gasteiger partial charge < -0.3 is 24.4 Å². The number of thioether (sulfide) groups is 1. The molecule has 32 heavy (non-hydrogen) atoms. The molecule has 3 heterocycles. The molecular formula is C21H20ClN5O4S. The van der Waals surface area contributed by atoms with Crippen molar-refractivity contribution in [2.24, 2.45) is 7.05 Å². The first-order valence-corrected chi connectivity index (χ1v) is 11.1. The molecule has 11 heteroatoms. The third kappa shape index (κ3) is 4.51. The number of urea groups is 1. The molecule has 9 nitrogen and oxygen atoms in total. The predicted molar refractivity (Wildman–Crippen MR) is 119 cm³/mol. The maximum absolute atomic E-state index is 12.9. The fourth-order valence-corrected chi connectivity index (χ4v) is 4.29. The molecule has 0 bridgehead atoms. The minimum absolute atomic E-state index is 0.208. The zero-order valence-electron chi connectivity index (χ0n) is 17.3. The van der Waals surface area contributed by atoms with Crippen LogP contribution in [-0.4, -0.2) is 39.1 Å². The molecule has 2 N–H and O–H groups in total. The van der Waals surface area contributed by atoms with Gasteiger partial charge in [0.2, 0.25) is 0 Å². The minimum Gasteiger partial charge on any atom is -0.463 e. The van der Waals surface area contributed by atoms with E-state index in [0.29, 0.717) is 38.6 Å². The summed E-state index contributed by atoms with van der Waals surface area (Å²) in [6.45, 7) is 1.94. The number of esters is 1. The van der Waals surface area contributed by atoms with E-state index in [-0.39, 0.29) is 12.4 Å². The lowest BCUT2D eigenvalue weighted by Crippen LogP contribution is -2.46. The molecule has 0 radical (unpaired) electrons. The number of halogens is 1. The van der Waals surface area contributed by atoms with Crippen LogP contribution in [0.1, 0.15) is 18.5 Å². The number of nitrogens with zero attached hydrogens (tertiary/aromatic N) is 3. The van der Waals surface area contributed by atoms with E-state index in [0.717, 1.165) is 0 Å². The summed E-state index contributed by atoms with van der Waals surface area (Å²) in [5.41, 5.74) is 1.49. The van der Waals surface area contributed by atoms with E-state index in [1.165, 1.54) is 11.8 Å². The number of amides is 2. The van der Waals surface area contributed by atoms with Gasteiger partial charge in [-0.1, -0.05) is 35.5 Å². The van der Waals surface area contributed by atoms with Crippen LogP contribution < -0.4 is 10.6 Å². The molecule has 0 spiro atoms. The van der Waals surface area contributed by atoms with Gasteiger partial charge in [-0.15, -0.1) is 10.2 Å². The quantitative estimate of drug-likeness (QED) is 0.397. The molecule has 1 aliphatic rings. The van der Waals surface area contributed by atoms with Gasteiger partial charge in [-0.05, 0) is 36.8 Å². The van der Waals surface area contributed by atoms with Gasteiger partial charge in [-0.2, -0.15) is 0 Å². The topological polar surface area (TPSA) is 111 Å². The minimum atomic E-state index is -0.672. The summed E-state index contributed by atoms with van der Waals surface area (Å²) in [4.78, 5) is 25.2. The molecule has 0 aliphatic carbocycles. The fraction of sp³-hybridized carbons (Fsp3) is 0.238. The van der Waals surface area contributed by atoms with Crippen LogP contribution in [0.25, 0.3) is 11.6 Å². The van der Waals surface area contributed by atoms with Gasteiger partial charge >= 0.3 is 12.0 Å². The Morgan fingerprint density at radius 3 is 2.75 bits per heavy atom. The van der Waals surface area contributed by atoms with Crippen LogP contribution in [0, 0.1) is 0 Å².